The molecule has 6 heteroatoms. The maximum absolute atomic E-state index is 13.3. The van der Waals surface area contributed by atoms with E-state index in [1.807, 2.05) is 20.8 Å². The summed E-state index contributed by atoms with van der Waals surface area (Å²) >= 11 is 0. The minimum Gasteiger partial charge on any atom is -0.286 e. The third-order valence-corrected chi connectivity index (χ3v) is 3.18. The molecule has 0 aliphatic heterocycles. The average molecular weight is 298 g/mol. The fraction of sp³-hybridized carbons (Fsp3) is 0.467. The normalized spacial score (nSPS) is 12.9. The van der Waals surface area contributed by atoms with Gasteiger partial charge < -0.3 is 0 Å². The van der Waals surface area contributed by atoms with Crippen molar-refractivity contribution >= 4 is 10.9 Å². The van der Waals surface area contributed by atoms with Crippen LogP contribution in [0.5, 0.6) is 0 Å². The van der Waals surface area contributed by atoms with Gasteiger partial charge in [-0.3, -0.25) is 4.57 Å². The van der Waals surface area contributed by atoms with Crippen LogP contribution in [0, 0.1) is 0 Å². The number of hydrogen-bond acceptors (Lipinski definition) is 2. The zero-order chi connectivity index (χ0) is 15.8. The third-order valence-electron chi connectivity index (χ3n) is 3.18. The molecule has 0 aliphatic rings. The first kappa shape index (κ1) is 15.5. The van der Waals surface area contributed by atoms with Crippen LogP contribution in [-0.2, 0) is 12.0 Å². The van der Waals surface area contributed by atoms with E-state index < -0.39 is 30.2 Å². The van der Waals surface area contributed by atoms with Gasteiger partial charge in [-0.1, -0.05) is 39.0 Å². The third kappa shape index (κ3) is 3.09. The summed E-state index contributed by atoms with van der Waals surface area (Å²) < 4.78 is 39.8. The summed E-state index contributed by atoms with van der Waals surface area (Å²) in [5.41, 5.74) is -0.300. The van der Waals surface area contributed by atoms with E-state index in [1.54, 1.807) is 24.3 Å². The van der Waals surface area contributed by atoms with Gasteiger partial charge in [0.1, 0.15) is 0 Å². The van der Waals surface area contributed by atoms with Gasteiger partial charge in [0.15, 0.2) is 6.67 Å². The minimum absolute atomic E-state index is 0.343. The van der Waals surface area contributed by atoms with Crippen molar-refractivity contribution in [3.63, 3.8) is 0 Å². The fourth-order valence-corrected chi connectivity index (χ4v) is 2.23. The van der Waals surface area contributed by atoms with E-state index in [2.05, 4.69) is 4.98 Å². The highest BCUT2D eigenvalue weighted by Crippen LogP contribution is 2.27. The van der Waals surface area contributed by atoms with Crippen molar-refractivity contribution in [3.05, 3.63) is 40.4 Å². The van der Waals surface area contributed by atoms with Crippen LogP contribution in [0.25, 0.3) is 10.9 Å². The second kappa shape index (κ2) is 5.16. The van der Waals surface area contributed by atoms with Crippen LogP contribution in [0.1, 0.15) is 26.5 Å². The van der Waals surface area contributed by atoms with Gasteiger partial charge in [-0.15, -0.1) is 0 Å². The first-order valence-electron chi connectivity index (χ1n) is 6.59. The van der Waals surface area contributed by atoms with E-state index in [4.69, 9.17) is 0 Å². The molecule has 2 aromatic rings. The number of aromatic nitrogens is 2. The number of benzene rings is 1. The van der Waals surface area contributed by atoms with Gasteiger partial charge in [0.05, 0.1) is 17.8 Å². The molecule has 0 saturated heterocycles. The Morgan fingerprint density at radius 3 is 2.38 bits per heavy atom. The van der Waals surface area contributed by atoms with Crippen LogP contribution in [0.4, 0.5) is 13.2 Å². The zero-order valence-electron chi connectivity index (χ0n) is 12.2. The number of nitrogens with zero attached hydrogens (tertiary/aromatic N) is 2. The average Bonchev–Trinajstić information content (AvgIpc) is 2.40. The Hall–Kier alpha value is -1.85. The molecule has 114 valence electrons. The predicted molar refractivity (Wildman–Crippen MR) is 75.6 cm³/mol. The van der Waals surface area contributed by atoms with Gasteiger partial charge in [0, 0.05) is 10.8 Å². The van der Waals surface area contributed by atoms with Crippen molar-refractivity contribution in [2.24, 2.45) is 0 Å². The summed E-state index contributed by atoms with van der Waals surface area (Å²) in [7, 11) is 0. The second-order valence-electron chi connectivity index (χ2n) is 6.09. The molecule has 0 radical (unpaired) electrons. The number of alkyl halides is 3. The molecular weight excluding hydrogens is 281 g/mol. The van der Waals surface area contributed by atoms with Crippen LogP contribution < -0.4 is 5.69 Å². The number of halogens is 3. The molecule has 0 amide bonds. The number of fused-ring (bicyclic) bond motifs is 1. The van der Waals surface area contributed by atoms with Gasteiger partial charge in [0.25, 0.3) is 5.92 Å². The molecule has 1 aromatic carbocycles. The number of para-hydroxylation sites is 1. The Balaban J connectivity index is 2.75. The highest BCUT2D eigenvalue weighted by atomic mass is 19.3. The maximum atomic E-state index is 13.3. The van der Waals surface area contributed by atoms with Gasteiger partial charge in [0.2, 0.25) is 0 Å². The lowest BCUT2D eigenvalue weighted by Gasteiger charge is -2.22. The molecule has 1 heterocycles. The van der Waals surface area contributed by atoms with Crippen molar-refractivity contribution in [3.8, 4) is 0 Å². The lowest BCUT2D eigenvalue weighted by molar-refractivity contribution is -0.0377. The SMILES string of the molecule is CC(C)(C)c1nc(=O)n(CC(F)(F)CF)c2ccccc12. The molecule has 1 aromatic heterocycles. The number of hydrogen-bond donors (Lipinski definition) is 0. The largest absolute Gasteiger partial charge is 0.348 e. The highest BCUT2D eigenvalue weighted by Gasteiger charge is 2.31. The highest BCUT2D eigenvalue weighted by molar-refractivity contribution is 5.82. The quantitative estimate of drug-likeness (QED) is 0.871. The molecule has 0 aliphatic carbocycles. The summed E-state index contributed by atoms with van der Waals surface area (Å²) in [5, 5.41) is 0.624. The Morgan fingerprint density at radius 1 is 1.19 bits per heavy atom. The van der Waals surface area contributed by atoms with Gasteiger partial charge >= 0.3 is 5.69 Å². The zero-order valence-corrected chi connectivity index (χ0v) is 12.2. The summed E-state index contributed by atoms with van der Waals surface area (Å²) in [5.74, 6) is -3.59. The van der Waals surface area contributed by atoms with E-state index in [0.29, 0.717) is 16.6 Å². The lowest BCUT2D eigenvalue weighted by atomic mass is 9.89. The Morgan fingerprint density at radius 2 is 1.81 bits per heavy atom. The van der Waals surface area contributed by atoms with Crippen LogP contribution in [-0.4, -0.2) is 22.1 Å². The van der Waals surface area contributed by atoms with E-state index in [0.717, 1.165) is 4.57 Å². The lowest BCUT2D eigenvalue weighted by Crippen LogP contribution is -2.35. The summed E-state index contributed by atoms with van der Waals surface area (Å²) in [4.78, 5) is 16.0. The number of rotatable bonds is 3. The first-order valence-corrected chi connectivity index (χ1v) is 6.59. The van der Waals surface area contributed by atoms with Gasteiger partial charge in [-0.2, -0.15) is 4.98 Å². The van der Waals surface area contributed by atoms with E-state index in [1.165, 1.54) is 0 Å². The molecule has 3 nitrogen and oxygen atoms in total. The smallest absolute Gasteiger partial charge is 0.286 e. The maximum Gasteiger partial charge on any atom is 0.348 e. The first-order chi connectivity index (χ1) is 9.65. The van der Waals surface area contributed by atoms with E-state index >= 15 is 0 Å². The van der Waals surface area contributed by atoms with Crippen molar-refractivity contribution < 1.29 is 13.2 Å². The molecule has 0 bridgehead atoms. The van der Waals surface area contributed by atoms with Crippen LogP contribution in [0.15, 0.2) is 29.1 Å². The molecule has 0 unspecified atom stereocenters. The van der Waals surface area contributed by atoms with Crippen molar-refractivity contribution in [2.75, 3.05) is 6.67 Å². The minimum atomic E-state index is -3.59. The summed E-state index contributed by atoms with van der Waals surface area (Å²) in [6.07, 6.45) is 0. The van der Waals surface area contributed by atoms with Gasteiger partial charge in [-0.25, -0.2) is 18.0 Å². The fourth-order valence-electron chi connectivity index (χ4n) is 2.23. The van der Waals surface area contributed by atoms with Crippen molar-refractivity contribution in [1.29, 1.82) is 0 Å². The molecular formula is C15H17F3N2O. The predicted octanol–water partition coefficient (Wildman–Crippen LogP) is 3.30. The molecule has 0 N–H and O–H groups in total. The molecule has 2 rings (SSSR count). The molecule has 0 fully saturated rings. The second-order valence-corrected chi connectivity index (χ2v) is 6.09. The van der Waals surface area contributed by atoms with Crippen molar-refractivity contribution in [1.82, 2.24) is 9.55 Å². The molecule has 0 spiro atoms. The van der Waals surface area contributed by atoms with E-state index in [-0.39, 0.29) is 0 Å². The molecule has 21 heavy (non-hydrogen) atoms. The van der Waals surface area contributed by atoms with Crippen LogP contribution >= 0.6 is 0 Å². The monoisotopic (exact) mass is 298 g/mol. The van der Waals surface area contributed by atoms with E-state index in [9.17, 15) is 18.0 Å². The summed E-state index contributed by atoms with van der Waals surface area (Å²) in [6, 6.07) is 6.70. The molecule has 0 saturated carbocycles. The Labute approximate surface area is 120 Å². The standard InChI is InChI=1S/C15H17F3N2O/c1-14(2,3)12-10-6-4-5-7-11(10)20(13(21)19-12)9-15(17,18)8-16/h4-7H,8-9H2,1-3H3. The molecule has 0 atom stereocenters. The Bertz CT molecular complexity index is 717. The van der Waals surface area contributed by atoms with Crippen LogP contribution in [0.2, 0.25) is 0 Å². The van der Waals surface area contributed by atoms with Gasteiger partial charge in [-0.05, 0) is 6.07 Å². The Kier molecular flexibility index (Phi) is 3.82. The summed E-state index contributed by atoms with van der Waals surface area (Å²) in [6.45, 7) is 2.85. The van der Waals surface area contributed by atoms with Crippen LogP contribution in [0.3, 0.4) is 0 Å². The van der Waals surface area contributed by atoms with Crippen molar-refractivity contribution in [2.45, 2.75) is 38.7 Å². The topological polar surface area (TPSA) is 34.9 Å².